The molecule has 0 radical (unpaired) electrons. The van der Waals surface area contributed by atoms with Crippen molar-refractivity contribution in [2.45, 2.75) is 37.8 Å². The van der Waals surface area contributed by atoms with E-state index in [2.05, 4.69) is 14.9 Å². The van der Waals surface area contributed by atoms with E-state index < -0.39 is 0 Å². The first kappa shape index (κ1) is 10.8. The van der Waals surface area contributed by atoms with Crippen LogP contribution < -0.4 is 10.6 Å². The van der Waals surface area contributed by atoms with E-state index in [1.54, 1.807) is 6.20 Å². The number of anilines is 2. The van der Waals surface area contributed by atoms with E-state index in [-0.39, 0.29) is 0 Å². The maximum Gasteiger partial charge on any atom is 0.221 e. The molecule has 1 aliphatic carbocycles. The summed E-state index contributed by atoms with van der Waals surface area (Å²) in [4.78, 5) is 10.6. The van der Waals surface area contributed by atoms with Crippen molar-refractivity contribution < 1.29 is 4.74 Å². The molecule has 92 valence electrons. The van der Waals surface area contributed by atoms with Crippen LogP contribution in [0, 0.1) is 0 Å². The molecule has 5 nitrogen and oxygen atoms in total. The molecule has 17 heavy (non-hydrogen) atoms. The number of ether oxygens (including phenoxy) is 1. The van der Waals surface area contributed by atoms with Crippen molar-refractivity contribution in [3.05, 3.63) is 12.3 Å². The van der Waals surface area contributed by atoms with Crippen LogP contribution in [0.2, 0.25) is 0 Å². The number of hydrogen-bond acceptors (Lipinski definition) is 5. The summed E-state index contributed by atoms with van der Waals surface area (Å²) in [7, 11) is 0. The van der Waals surface area contributed by atoms with Gasteiger partial charge in [0.1, 0.15) is 5.82 Å². The van der Waals surface area contributed by atoms with Gasteiger partial charge in [-0.05, 0) is 18.9 Å². The van der Waals surface area contributed by atoms with E-state index in [4.69, 9.17) is 10.5 Å². The summed E-state index contributed by atoms with van der Waals surface area (Å²) < 4.78 is 5.85. The Morgan fingerprint density at radius 3 is 3.12 bits per heavy atom. The molecule has 2 aliphatic rings. The van der Waals surface area contributed by atoms with Crippen LogP contribution in [0.4, 0.5) is 11.8 Å². The van der Waals surface area contributed by atoms with Crippen molar-refractivity contribution in [3.8, 4) is 0 Å². The molecule has 1 aromatic heterocycles. The molecule has 3 rings (SSSR count). The summed E-state index contributed by atoms with van der Waals surface area (Å²) in [5, 5.41) is 0. The minimum atomic E-state index is 0.348. The van der Waals surface area contributed by atoms with Gasteiger partial charge in [-0.15, -0.1) is 0 Å². The van der Waals surface area contributed by atoms with Crippen LogP contribution in [0.3, 0.4) is 0 Å². The number of fused-ring (bicyclic) bond motifs is 1. The van der Waals surface area contributed by atoms with E-state index in [0.29, 0.717) is 18.1 Å². The standard InChI is InChI=1S/C12H18N4O/c13-12-14-6-5-11(15-12)16-7-8-17-10-4-2-1-3-9(10)16/h5-6,9-10H,1-4,7-8H2,(H2,13,14,15). The Hall–Kier alpha value is -1.36. The molecular weight excluding hydrogens is 216 g/mol. The third-order valence-electron chi connectivity index (χ3n) is 3.69. The first-order valence-corrected chi connectivity index (χ1v) is 6.31. The van der Waals surface area contributed by atoms with E-state index >= 15 is 0 Å². The van der Waals surface area contributed by atoms with Gasteiger partial charge < -0.3 is 15.4 Å². The molecule has 1 aliphatic heterocycles. The number of rotatable bonds is 1. The molecule has 1 aromatic rings. The largest absolute Gasteiger partial charge is 0.374 e. The molecule has 1 saturated carbocycles. The molecule has 5 heteroatoms. The second-order valence-electron chi connectivity index (χ2n) is 4.73. The van der Waals surface area contributed by atoms with Gasteiger partial charge >= 0.3 is 0 Å². The fourth-order valence-electron chi connectivity index (χ4n) is 2.90. The summed E-state index contributed by atoms with van der Waals surface area (Å²) in [6, 6.07) is 2.40. The lowest BCUT2D eigenvalue weighted by atomic mass is 9.90. The van der Waals surface area contributed by atoms with Crippen molar-refractivity contribution in [3.63, 3.8) is 0 Å². The molecule has 0 aromatic carbocycles. The predicted octanol–water partition coefficient (Wildman–Crippen LogP) is 1.21. The quantitative estimate of drug-likeness (QED) is 0.791. The molecular formula is C12H18N4O. The zero-order valence-corrected chi connectivity index (χ0v) is 9.88. The lowest BCUT2D eigenvalue weighted by molar-refractivity contribution is -0.00898. The Morgan fingerprint density at radius 2 is 2.24 bits per heavy atom. The maximum absolute atomic E-state index is 5.85. The molecule has 0 spiro atoms. The smallest absolute Gasteiger partial charge is 0.221 e. The Balaban J connectivity index is 1.85. The SMILES string of the molecule is Nc1nccc(N2CCOC3CCCCC32)n1. The molecule has 2 unspecified atom stereocenters. The van der Waals surface area contributed by atoms with Crippen LogP contribution in [0.1, 0.15) is 25.7 Å². The highest BCUT2D eigenvalue weighted by Gasteiger charge is 2.34. The van der Waals surface area contributed by atoms with Crippen LogP contribution in [-0.2, 0) is 4.74 Å². The third-order valence-corrected chi connectivity index (χ3v) is 3.69. The van der Waals surface area contributed by atoms with Crippen molar-refractivity contribution in [2.75, 3.05) is 23.8 Å². The van der Waals surface area contributed by atoms with Gasteiger partial charge in [0, 0.05) is 12.7 Å². The average Bonchev–Trinajstić information content (AvgIpc) is 2.38. The Labute approximate surface area is 101 Å². The van der Waals surface area contributed by atoms with Gasteiger partial charge in [0.2, 0.25) is 5.95 Å². The molecule has 2 heterocycles. The molecule has 1 saturated heterocycles. The minimum Gasteiger partial charge on any atom is -0.374 e. The second kappa shape index (κ2) is 4.49. The van der Waals surface area contributed by atoms with Crippen molar-refractivity contribution in [1.29, 1.82) is 0 Å². The summed E-state index contributed by atoms with van der Waals surface area (Å²) in [6.45, 7) is 1.68. The number of nitrogens with zero attached hydrogens (tertiary/aromatic N) is 3. The monoisotopic (exact) mass is 234 g/mol. The summed E-state index contributed by atoms with van der Waals surface area (Å²) in [6.07, 6.45) is 7.01. The Morgan fingerprint density at radius 1 is 1.35 bits per heavy atom. The highest BCUT2D eigenvalue weighted by molar-refractivity contribution is 5.43. The summed E-state index contributed by atoms with van der Waals surface area (Å²) in [5.74, 6) is 1.29. The van der Waals surface area contributed by atoms with Gasteiger partial charge in [-0.1, -0.05) is 12.8 Å². The Kier molecular flexibility index (Phi) is 2.84. The second-order valence-corrected chi connectivity index (χ2v) is 4.73. The highest BCUT2D eigenvalue weighted by Crippen LogP contribution is 2.31. The van der Waals surface area contributed by atoms with Crippen molar-refractivity contribution in [2.24, 2.45) is 0 Å². The van der Waals surface area contributed by atoms with Crippen LogP contribution >= 0.6 is 0 Å². The number of morpholine rings is 1. The van der Waals surface area contributed by atoms with Gasteiger partial charge in [-0.3, -0.25) is 0 Å². The van der Waals surface area contributed by atoms with Gasteiger partial charge in [-0.25, -0.2) is 4.98 Å². The zero-order valence-electron chi connectivity index (χ0n) is 9.88. The lowest BCUT2D eigenvalue weighted by Gasteiger charge is -2.44. The molecule has 2 fully saturated rings. The normalized spacial score (nSPS) is 28.8. The van der Waals surface area contributed by atoms with Gasteiger partial charge in [0.15, 0.2) is 0 Å². The van der Waals surface area contributed by atoms with Crippen molar-refractivity contribution in [1.82, 2.24) is 9.97 Å². The lowest BCUT2D eigenvalue weighted by Crippen LogP contribution is -2.53. The van der Waals surface area contributed by atoms with E-state index in [1.165, 1.54) is 25.7 Å². The van der Waals surface area contributed by atoms with E-state index in [9.17, 15) is 0 Å². The number of nitrogens with two attached hydrogens (primary N) is 1. The molecule has 0 bridgehead atoms. The topological polar surface area (TPSA) is 64.3 Å². The molecule has 2 N–H and O–H groups in total. The van der Waals surface area contributed by atoms with Crippen LogP contribution in [0.5, 0.6) is 0 Å². The molecule has 2 atom stereocenters. The van der Waals surface area contributed by atoms with Gasteiger partial charge in [0.05, 0.1) is 18.8 Å². The van der Waals surface area contributed by atoms with Crippen LogP contribution in [0.25, 0.3) is 0 Å². The summed E-state index contributed by atoms with van der Waals surface area (Å²) in [5.41, 5.74) is 5.65. The Bertz CT molecular complexity index is 396. The van der Waals surface area contributed by atoms with Gasteiger partial charge in [-0.2, -0.15) is 4.98 Å². The fourth-order valence-corrected chi connectivity index (χ4v) is 2.90. The number of aromatic nitrogens is 2. The number of hydrogen-bond donors (Lipinski definition) is 1. The maximum atomic E-state index is 5.85. The van der Waals surface area contributed by atoms with Crippen molar-refractivity contribution >= 4 is 11.8 Å². The molecule has 0 amide bonds. The predicted molar refractivity (Wildman–Crippen MR) is 65.8 cm³/mol. The first-order chi connectivity index (χ1) is 8.34. The van der Waals surface area contributed by atoms with Crippen LogP contribution in [-0.4, -0.2) is 35.3 Å². The van der Waals surface area contributed by atoms with Crippen LogP contribution in [0.15, 0.2) is 12.3 Å². The zero-order chi connectivity index (χ0) is 11.7. The average molecular weight is 234 g/mol. The highest BCUT2D eigenvalue weighted by atomic mass is 16.5. The van der Waals surface area contributed by atoms with E-state index in [0.717, 1.165) is 19.0 Å². The fraction of sp³-hybridized carbons (Fsp3) is 0.667. The summed E-state index contributed by atoms with van der Waals surface area (Å²) >= 11 is 0. The number of nitrogen functional groups attached to an aromatic ring is 1. The third kappa shape index (κ3) is 2.07. The van der Waals surface area contributed by atoms with E-state index in [1.807, 2.05) is 6.07 Å². The van der Waals surface area contributed by atoms with Gasteiger partial charge in [0.25, 0.3) is 0 Å². The first-order valence-electron chi connectivity index (χ1n) is 6.31. The minimum absolute atomic E-state index is 0.348.